The predicted molar refractivity (Wildman–Crippen MR) is 136 cm³/mol. The lowest BCUT2D eigenvalue weighted by Crippen LogP contribution is -2.35. The summed E-state index contributed by atoms with van der Waals surface area (Å²) in [5, 5.41) is 0. The van der Waals surface area contributed by atoms with Gasteiger partial charge in [0.2, 0.25) is 23.6 Å². The predicted octanol–water partition coefficient (Wildman–Crippen LogP) is 3.63. The molecule has 2 saturated heterocycles. The van der Waals surface area contributed by atoms with Gasteiger partial charge in [0.1, 0.15) is 0 Å². The molecular formula is C29H30N2O6. The van der Waals surface area contributed by atoms with Crippen molar-refractivity contribution in [1.29, 1.82) is 0 Å². The second-order valence-corrected chi connectivity index (χ2v) is 9.99. The van der Waals surface area contributed by atoms with Crippen molar-refractivity contribution < 1.29 is 28.7 Å². The van der Waals surface area contributed by atoms with E-state index in [1.54, 1.807) is 50.6 Å². The Bertz CT molecular complexity index is 1300. The summed E-state index contributed by atoms with van der Waals surface area (Å²) in [5.74, 6) is -3.03. The number of ether oxygens (including phenoxy) is 2. The number of imide groups is 2. The summed E-state index contributed by atoms with van der Waals surface area (Å²) in [5.41, 5.74) is 3.56. The molecule has 0 saturated carbocycles. The normalized spacial score (nSPS) is 25.6. The van der Waals surface area contributed by atoms with Gasteiger partial charge in [0.25, 0.3) is 0 Å². The van der Waals surface area contributed by atoms with Crippen molar-refractivity contribution in [2.75, 3.05) is 24.0 Å². The van der Waals surface area contributed by atoms with Gasteiger partial charge >= 0.3 is 0 Å². The summed E-state index contributed by atoms with van der Waals surface area (Å²) in [6.07, 6.45) is 2.35. The van der Waals surface area contributed by atoms with Gasteiger partial charge in [-0.25, -0.2) is 4.90 Å². The van der Waals surface area contributed by atoms with Gasteiger partial charge in [-0.3, -0.25) is 24.1 Å². The van der Waals surface area contributed by atoms with Gasteiger partial charge in [-0.2, -0.15) is 0 Å². The minimum absolute atomic E-state index is 0.0735. The summed E-state index contributed by atoms with van der Waals surface area (Å²) in [6.45, 7) is 2.59. The van der Waals surface area contributed by atoms with Gasteiger partial charge in [-0.15, -0.1) is 0 Å². The molecule has 8 heteroatoms. The molecule has 5 rings (SSSR count). The topological polar surface area (TPSA) is 93.2 Å². The Morgan fingerprint density at radius 2 is 1.35 bits per heavy atom. The van der Waals surface area contributed by atoms with Crippen molar-refractivity contribution >= 4 is 35.0 Å². The molecule has 4 amide bonds. The standard InChI is InChI=1S/C29H30N2O6/c1-17-10-20(23-14-25(32)30(27(23)33)21-8-4-6-18(11-21)15-36-2)13-24-26(17)29(35)31(28(24)34)22-9-5-7-19(12-22)16-37-3/h4-12,20,23-24,26H,13-16H2,1-3H3/t20-,23-,24+,26-/m0/s1. The Labute approximate surface area is 215 Å². The van der Waals surface area contributed by atoms with Crippen LogP contribution in [0.25, 0.3) is 0 Å². The highest BCUT2D eigenvalue weighted by Gasteiger charge is 2.54. The van der Waals surface area contributed by atoms with E-state index in [9.17, 15) is 19.2 Å². The fourth-order valence-electron chi connectivity index (χ4n) is 5.98. The summed E-state index contributed by atoms with van der Waals surface area (Å²) < 4.78 is 10.4. The largest absolute Gasteiger partial charge is 0.380 e. The Hall–Kier alpha value is -3.62. The molecule has 4 atom stereocenters. The lowest BCUT2D eigenvalue weighted by Gasteiger charge is -2.29. The molecule has 0 radical (unpaired) electrons. The SMILES string of the molecule is COCc1cccc(N2C(=O)C[C@@H]([C@H]3C=C(C)[C@@H]4C(=O)N(c5cccc(COC)c5)C(=O)[C@@H]4C3)C2=O)c1. The first-order valence-corrected chi connectivity index (χ1v) is 12.4. The molecule has 2 aliphatic heterocycles. The summed E-state index contributed by atoms with van der Waals surface area (Å²) in [7, 11) is 3.18. The number of rotatable bonds is 7. The van der Waals surface area contributed by atoms with Crippen LogP contribution in [-0.4, -0.2) is 37.8 Å². The van der Waals surface area contributed by atoms with Crippen molar-refractivity contribution in [3.8, 4) is 0 Å². The molecule has 0 N–H and O–H groups in total. The molecule has 0 aromatic heterocycles. The average molecular weight is 503 g/mol. The minimum Gasteiger partial charge on any atom is -0.380 e. The number of hydrogen-bond donors (Lipinski definition) is 0. The number of amides is 4. The van der Waals surface area contributed by atoms with Crippen LogP contribution in [-0.2, 0) is 41.9 Å². The van der Waals surface area contributed by atoms with E-state index in [1.807, 2.05) is 25.1 Å². The molecule has 0 spiro atoms. The van der Waals surface area contributed by atoms with Gasteiger partial charge in [-0.05, 0) is 54.7 Å². The third-order valence-electron chi connectivity index (χ3n) is 7.58. The first-order chi connectivity index (χ1) is 17.8. The third kappa shape index (κ3) is 4.40. The number of carbonyl (C=O) groups excluding carboxylic acids is 4. The number of nitrogens with zero attached hydrogens (tertiary/aromatic N) is 2. The second-order valence-electron chi connectivity index (χ2n) is 9.99. The molecule has 0 bridgehead atoms. The monoisotopic (exact) mass is 502 g/mol. The smallest absolute Gasteiger partial charge is 0.241 e. The van der Waals surface area contributed by atoms with E-state index in [0.29, 0.717) is 31.0 Å². The van der Waals surface area contributed by atoms with Crippen LogP contribution in [0.15, 0.2) is 60.2 Å². The molecule has 192 valence electrons. The van der Waals surface area contributed by atoms with Crippen LogP contribution in [0.2, 0.25) is 0 Å². The van der Waals surface area contributed by atoms with Crippen LogP contribution in [0.5, 0.6) is 0 Å². The van der Waals surface area contributed by atoms with Gasteiger partial charge in [0.15, 0.2) is 0 Å². The molecule has 2 aromatic carbocycles. The van der Waals surface area contributed by atoms with E-state index in [1.165, 1.54) is 9.80 Å². The van der Waals surface area contributed by atoms with Gasteiger partial charge in [-0.1, -0.05) is 35.9 Å². The first kappa shape index (κ1) is 25.0. The van der Waals surface area contributed by atoms with E-state index in [4.69, 9.17) is 9.47 Å². The zero-order valence-electron chi connectivity index (χ0n) is 21.2. The highest BCUT2D eigenvalue weighted by atomic mass is 16.5. The maximum atomic E-state index is 13.5. The highest BCUT2D eigenvalue weighted by molar-refractivity contribution is 6.23. The van der Waals surface area contributed by atoms with E-state index >= 15 is 0 Å². The highest BCUT2D eigenvalue weighted by Crippen LogP contribution is 2.46. The number of methoxy groups -OCH3 is 2. The maximum Gasteiger partial charge on any atom is 0.241 e. The molecule has 37 heavy (non-hydrogen) atoms. The lowest BCUT2D eigenvalue weighted by atomic mass is 9.71. The van der Waals surface area contributed by atoms with Crippen molar-refractivity contribution in [3.05, 3.63) is 71.3 Å². The zero-order chi connectivity index (χ0) is 26.3. The van der Waals surface area contributed by atoms with Gasteiger partial charge < -0.3 is 9.47 Å². The number of allylic oxidation sites excluding steroid dienone is 1. The zero-order valence-corrected chi connectivity index (χ0v) is 21.2. The van der Waals surface area contributed by atoms with Crippen molar-refractivity contribution in [1.82, 2.24) is 0 Å². The number of anilines is 2. The van der Waals surface area contributed by atoms with Crippen LogP contribution < -0.4 is 9.80 Å². The molecule has 1 aliphatic carbocycles. The van der Waals surface area contributed by atoms with E-state index in [-0.39, 0.29) is 36.0 Å². The summed E-state index contributed by atoms with van der Waals surface area (Å²) in [4.78, 5) is 55.9. The number of fused-ring (bicyclic) bond motifs is 1. The Kier molecular flexibility index (Phi) is 6.79. The van der Waals surface area contributed by atoms with Crippen LogP contribution in [0, 0.1) is 23.7 Å². The molecule has 8 nitrogen and oxygen atoms in total. The van der Waals surface area contributed by atoms with Crippen molar-refractivity contribution in [3.63, 3.8) is 0 Å². The van der Waals surface area contributed by atoms with E-state index in [0.717, 1.165) is 16.7 Å². The third-order valence-corrected chi connectivity index (χ3v) is 7.58. The Morgan fingerprint density at radius 3 is 1.95 bits per heavy atom. The van der Waals surface area contributed by atoms with Crippen LogP contribution in [0.3, 0.4) is 0 Å². The average Bonchev–Trinajstić information content (AvgIpc) is 3.31. The maximum absolute atomic E-state index is 13.5. The lowest BCUT2D eigenvalue weighted by molar-refractivity contribution is -0.125. The molecular weight excluding hydrogens is 472 g/mol. The Morgan fingerprint density at radius 1 is 0.784 bits per heavy atom. The number of benzene rings is 2. The van der Waals surface area contributed by atoms with Crippen molar-refractivity contribution in [2.45, 2.75) is 33.0 Å². The number of carbonyl (C=O) groups is 4. The van der Waals surface area contributed by atoms with E-state index in [2.05, 4.69) is 0 Å². The Balaban J connectivity index is 1.39. The first-order valence-electron chi connectivity index (χ1n) is 12.4. The number of hydrogen-bond acceptors (Lipinski definition) is 6. The van der Waals surface area contributed by atoms with Crippen LogP contribution in [0.4, 0.5) is 11.4 Å². The second kappa shape index (κ2) is 10.0. The molecule has 0 unspecified atom stereocenters. The van der Waals surface area contributed by atoms with Gasteiger partial charge in [0, 0.05) is 20.6 Å². The summed E-state index contributed by atoms with van der Waals surface area (Å²) in [6, 6.07) is 14.4. The van der Waals surface area contributed by atoms with Crippen LogP contribution >= 0.6 is 0 Å². The molecule has 3 aliphatic rings. The minimum atomic E-state index is -0.573. The molecule has 2 fully saturated rings. The van der Waals surface area contributed by atoms with Gasteiger partial charge in [0.05, 0.1) is 42.3 Å². The fraction of sp³-hybridized carbons (Fsp3) is 0.379. The van der Waals surface area contributed by atoms with E-state index < -0.39 is 17.8 Å². The molecule has 2 aromatic rings. The van der Waals surface area contributed by atoms with Crippen LogP contribution in [0.1, 0.15) is 30.9 Å². The molecule has 2 heterocycles. The summed E-state index contributed by atoms with van der Waals surface area (Å²) >= 11 is 0. The van der Waals surface area contributed by atoms with Crippen molar-refractivity contribution in [2.24, 2.45) is 23.7 Å². The fourth-order valence-corrected chi connectivity index (χ4v) is 5.98. The quantitative estimate of drug-likeness (QED) is 0.424.